The lowest BCUT2D eigenvalue weighted by molar-refractivity contribution is -0.144. The molecule has 0 saturated carbocycles. The van der Waals surface area contributed by atoms with Gasteiger partial charge in [0.15, 0.2) is 5.78 Å². The van der Waals surface area contributed by atoms with Crippen LogP contribution in [0.25, 0.3) is 11.0 Å². The number of hydrogen-bond donors (Lipinski definition) is 1. The summed E-state index contributed by atoms with van der Waals surface area (Å²) in [7, 11) is 0. The van der Waals surface area contributed by atoms with Crippen molar-refractivity contribution < 1.29 is 23.8 Å². The lowest BCUT2D eigenvalue weighted by Crippen LogP contribution is -2.09. The summed E-state index contributed by atoms with van der Waals surface area (Å²) in [6.07, 6.45) is -0.0616. The normalized spacial score (nSPS) is 10.9. The zero-order valence-corrected chi connectivity index (χ0v) is 15.9. The summed E-state index contributed by atoms with van der Waals surface area (Å²) in [4.78, 5) is 36.2. The topological polar surface area (TPSA) is 93.8 Å². The van der Waals surface area contributed by atoms with E-state index in [1.165, 1.54) is 12.1 Å². The zero-order chi connectivity index (χ0) is 19.6. The second-order valence-corrected chi connectivity index (χ2v) is 7.58. The van der Waals surface area contributed by atoms with Crippen LogP contribution < -0.4 is 5.63 Å². The Morgan fingerprint density at radius 2 is 2.00 bits per heavy atom. The first-order chi connectivity index (χ1) is 12.8. The smallest absolute Gasteiger partial charge is 0.336 e. The van der Waals surface area contributed by atoms with Gasteiger partial charge in [0, 0.05) is 29.0 Å². The maximum atomic E-state index is 12.0. The molecule has 1 N–H and O–H groups in total. The number of phenols is 1. The summed E-state index contributed by atoms with van der Waals surface area (Å²) in [6.45, 7) is 1.49. The third-order valence-electron chi connectivity index (χ3n) is 4.01. The fraction of sp³-hybridized carbons (Fsp3) is 0.211. The van der Waals surface area contributed by atoms with Crippen molar-refractivity contribution >= 4 is 45.7 Å². The van der Waals surface area contributed by atoms with Crippen LogP contribution in [0, 0.1) is 6.92 Å². The Balaban J connectivity index is 1.66. The minimum atomic E-state index is -0.605. The van der Waals surface area contributed by atoms with Gasteiger partial charge in [0.1, 0.15) is 17.9 Å². The maximum Gasteiger partial charge on any atom is 0.336 e. The minimum Gasteiger partial charge on any atom is -0.508 e. The van der Waals surface area contributed by atoms with E-state index in [1.807, 2.05) is 0 Å². The van der Waals surface area contributed by atoms with Crippen molar-refractivity contribution in [1.29, 1.82) is 0 Å². The monoisotopic (exact) mass is 406 g/mol. The van der Waals surface area contributed by atoms with Gasteiger partial charge in [-0.1, -0.05) is 11.6 Å². The Morgan fingerprint density at radius 3 is 2.70 bits per heavy atom. The number of carbonyl (C=O) groups is 2. The van der Waals surface area contributed by atoms with E-state index in [1.54, 1.807) is 25.1 Å². The Hall–Kier alpha value is -2.64. The van der Waals surface area contributed by atoms with Crippen LogP contribution in [0.2, 0.25) is 4.34 Å². The lowest BCUT2D eigenvalue weighted by atomic mass is 10.1. The Morgan fingerprint density at radius 1 is 1.22 bits per heavy atom. The molecule has 3 rings (SSSR count). The van der Waals surface area contributed by atoms with Gasteiger partial charge in [0.2, 0.25) is 0 Å². The highest BCUT2D eigenvalue weighted by Crippen LogP contribution is 2.28. The molecule has 0 radical (unpaired) electrons. The fourth-order valence-corrected chi connectivity index (χ4v) is 3.58. The van der Waals surface area contributed by atoms with Crippen LogP contribution >= 0.6 is 22.9 Å². The quantitative estimate of drug-likeness (QED) is 0.374. The molecule has 1 aromatic carbocycles. The third-order valence-corrected chi connectivity index (χ3v) is 5.28. The first kappa shape index (κ1) is 19.1. The van der Waals surface area contributed by atoms with Crippen molar-refractivity contribution in [3.05, 3.63) is 61.1 Å². The van der Waals surface area contributed by atoms with Crippen LogP contribution in [-0.4, -0.2) is 16.9 Å². The van der Waals surface area contributed by atoms with Gasteiger partial charge in [0.25, 0.3) is 0 Å². The molecule has 2 aromatic heterocycles. The number of esters is 1. The molecule has 140 valence electrons. The summed E-state index contributed by atoms with van der Waals surface area (Å²) in [5.74, 6) is -0.726. The molecule has 0 atom stereocenters. The second-order valence-electron chi connectivity index (χ2n) is 5.86. The van der Waals surface area contributed by atoms with Crippen molar-refractivity contribution in [2.24, 2.45) is 0 Å². The Kier molecular flexibility index (Phi) is 5.62. The molecule has 27 heavy (non-hydrogen) atoms. The summed E-state index contributed by atoms with van der Waals surface area (Å²) >= 11 is 6.95. The predicted octanol–water partition coefficient (Wildman–Crippen LogP) is 4.23. The van der Waals surface area contributed by atoms with E-state index in [4.69, 9.17) is 20.8 Å². The van der Waals surface area contributed by atoms with E-state index in [0.717, 1.165) is 11.3 Å². The van der Waals surface area contributed by atoms with Crippen molar-refractivity contribution in [2.45, 2.75) is 26.4 Å². The Labute approximate surface area is 163 Å². The zero-order valence-electron chi connectivity index (χ0n) is 14.3. The molecule has 6 nitrogen and oxygen atoms in total. The molecule has 0 bridgehead atoms. The maximum absolute atomic E-state index is 12.0. The molecule has 0 aliphatic carbocycles. The fourth-order valence-electron chi connectivity index (χ4n) is 2.57. The molecule has 0 saturated heterocycles. The number of Topliss-reactive ketones (excluding diaryl/α,β-unsaturated/α-hetero) is 1. The molecule has 3 aromatic rings. The van der Waals surface area contributed by atoms with Crippen molar-refractivity contribution in [3.63, 3.8) is 0 Å². The summed E-state index contributed by atoms with van der Waals surface area (Å²) in [6, 6.07) is 7.56. The molecular formula is C19H15ClO6S. The predicted molar refractivity (Wildman–Crippen MR) is 102 cm³/mol. The van der Waals surface area contributed by atoms with Gasteiger partial charge in [-0.15, -0.1) is 11.3 Å². The SMILES string of the molecule is Cc1c(O)ccc2c(COC(=O)CCC(=O)c3ccc(Cl)s3)cc(=O)oc12. The molecule has 0 amide bonds. The van der Waals surface area contributed by atoms with Gasteiger partial charge >= 0.3 is 11.6 Å². The number of hydrogen-bond acceptors (Lipinski definition) is 7. The number of phenolic OH excluding ortho intramolecular Hbond substituents is 1. The third kappa shape index (κ3) is 4.37. The first-order valence-electron chi connectivity index (χ1n) is 8.04. The molecule has 0 aliphatic rings. The number of rotatable bonds is 6. The molecule has 8 heteroatoms. The largest absolute Gasteiger partial charge is 0.508 e. The molecular weight excluding hydrogens is 392 g/mol. The molecule has 0 aliphatic heterocycles. The van der Waals surface area contributed by atoms with Gasteiger partial charge in [-0.25, -0.2) is 4.79 Å². The van der Waals surface area contributed by atoms with Crippen molar-refractivity contribution in [2.75, 3.05) is 0 Å². The number of aryl methyl sites for hydroxylation is 1. The van der Waals surface area contributed by atoms with E-state index in [-0.39, 0.29) is 36.6 Å². The van der Waals surface area contributed by atoms with E-state index in [9.17, 15) is 19.5 Å². The summed E-state index contributed by atoms with van der Waals surface area (Å²) in [5.41, 5.74) is 0.539. The van der Waals surface area contributed by atoms with Crippen LogP contribution in [0.1, 0.15) is 33.6 Å². The average Bonchev–Trinajstić information content (AvgIpc) is 3.07. The minimum absolute atomic E-state index is 0.00647. The van der Waals surface area contributed by atoms with E-state index in [2.05, 4.69) is 0 Å². The van der Waals surface area contributed by atoms with Crippen LogP contribution in [0.3, 0.4) is 0 Å². The van der Waals surface area contributed by atoms with E-state index >= 15 is 0 Å². The van der Waals surface area contributed by atoms with Crippen LogP contribution in [-0.2, 0) is 16.1 Å². The molecule has 0 spiro atoms. The standard InChI is InChI=1S/C19H15ClO6S/c1-10-13(21)3-2-12-11(8-18(24)26-19(10)12)9-25-17(23)7-4-14(22)15-5-6-16(20)27-15/h2-3,5-6,8,21H,4,7,9H2,1H3. The Bertz CT molecular complexity index is 1080. The number of thiophene rings is 1. The highest BCUT2D eigenvalue weighted by molar-refractivity contribution is 7.18. The number of aromatic hydroxyl groups is 1. The second kappa shape index (κ2) is 7.94. The van der Waals surface area contributed by atoms with Crippen molar-refractivity contribution in [1.82, 2.24) is 0 Å². The van der Waals surface area contributed by atoms with Gasteiger partial charge in [-0.2, -0.15) is 0 Å². The molecule has 0 fully saturated rings. The highest BCUT2D eigenvalue weighted by atomic mass is 35.5. The van der Waals surface area contributed by atoms with E-state index < -0.39 is 11.6 Å². The summed E-state index contributed by atoms with van der Waals surface area (Å²) in [5, 5.41) is 10.3. The number of ether oxygens (including phenoxy) is 1. The van der Waals surface area contributed by atoms with Gasteiger partial charge in [0.05, 0.1) is 15.6 Å². The van der Waals surface area contributed by atoms with Crippen molar-refractivity contribution in [3.8, 4) is 5.75 Å². The summed E-state index contributed by atoms with van der Waals surface area (Å²) < 4.78 is 10.8. The van der Waals surface area contributed by atoms with Gasteiger partial charge < -0.3 is 14.3 Å². The van der Waals surface area contributed by atoms with Gasteiger partial charge in [-0.3, -0.25) is 9.59 Å². The average molecular weight is 407 g/mol. The van der Waals surface area contributed by atoms with E-state index in [0.29, 0.717) is 25.7 Å². The number of ketones is 1. The number of halogens is 1. The van der Waals surface area contributed by atoms with Gasteiger partial charge in [-0.05, 0) is 31.2 Å². The number of carbonyl (C=O) groups excluding carboxylic acids is 2. The van der Waals surface area contributed by atoms with Crippen LogP contribution in [0.4, 0.5) is 0 Å². The number of fused-ring (bicyclic) bond motifs is 1. The lowest BCUT2D eigenvalue weighted by Gasteiger charge is -2.09. The molecule has 0 unspecified atom stereocenters. The highest BCUT2D eigenvalue weighted by Gasteiger charge is 2.15. The van der Waals surface area contributed by atoms with Crippen LogP contribution in [0.5, 0.6) is 5.75 Å². The van der Waals surface area contributed by atoms with Crippen LogP contribution in [0.15, 0.2) is 39.5 Å². The number of benzene rings is 1. The first-order valence-corrected chi connectivity index (χ1v) is 9.24. The molecule has 2 heterocycles.